The quantitative estimate of drug-likeness (QED) is 0.126. The van der Waals surface area contributed by atoms with Gasteiger partial charge in [-0.2, -0.15) is 0 Å². The normalized spacial score (nSPS) is 11.7. The highest BCUT2D eigenvalue weighted by molar-refractivity contribution is 9.11. The third-order valence-electron chi connectivity index (χ3n) is 9.37. The van der Waals surface area contributed by atoms with Crippen LogP contribution in [0.15, 0.2) is 167 Å². The Bertz CT molecular complexity index is 2570. The van der Waals surface area contributed by atoms with Gasteiger partial charge in [-0.15, -0.1) is 0 Å². The molecule has 0 amide bonds. The minimum absolute atomic E-state index is 1.10. The topological polar surface area (TPSA) is 0 Å². The molecule has 2 heteroatoms. The van der Waals surface area contributed by atoms with E-state index < -0.39 is 0 Å². The van der Waals surface area contributed by atoms with Crippen LogP contribution in [0, 0.1) is 0 Å². The van der Waals surface area contributed by atoms with Crippen LogP contribution in [-0.2, 0) is 0 Å². The van der Waals surface area contributed by atoms with Crippen LogP contribution in [0.3, 0.4) is 0 Å². The average molecular weight is 714 g/mol. The molecule has 0 atom stereocenters. The van der Waals surface area contributed by atoms with Gasteiger partial charge in [0, 0.05) is 8.95 Å². The molecule has 9 aromatic carbocycles. The SMILES string of the molecule is Brc1ccc2c3c(-c4cc(-c5ccccc5)ccc4-c4ccccc4)cc(Br)c4cccc(c5c(-c6ccccc6)ccc1c25)c43. The Morgan fingerprint density at radius 3 is 1.48 bits per heavy atom. The molecule has 0 saturated carbocycles. The molecule has 0 N–H and O–H groups in total. The molecule has 9 rings (SSSR count). The van der Waals surface area contributed by atoms with Gasteiger partial charge in [0.05, 0.1) is 0 Å². The zero-order valence-corrected chi connectivity index (χ0v) is 27.9. The molecule has 216 valence electrons. The molecule has 46 heavy (non-hydrogen) atoms. The summed E-state index contributed by atoms with van der Waals surface area (Å²) in [5.41, 5.74) is 9.76. The zero-order valence-electron chi connectivity index (χ0n) is 24.8. The van der Waals surface area contributed by atoms with E-state index in [9.17, 15) is 0 Å². The van der Waals surface area contributed by atoms with Gasteiger partial charge in [-0.3, -0.25) is 0 Å². The maximum Gasteiger partial charge on any atom is 0.0260 e. The van der Waals surface area contributed by atoms with E-state index in [0.29, 0.717) is 0 Å². The summed E-state index contributed by atoms with van der Waals surface area (Å²) in [5.74, 6) is 0. The van der Waals surface area contributed by atoms with E-state index in [-0.39, 0.29) is 0 Å². The number of benzene rings is 9. The lowest BCUT2D eigenvalue weighted by Crippen LogP contribution is -1.95. The molecule has 0 nitrogen and oxygen atoms in total. The molecule has 0 aliphatic heterocycles. The van der Waals surface area contributed by atoms with Gasteiger partial charge >= 0.3 is 0 Å². The average Bonchev–Trinajstić information content (AvgIpc) is 3.12. The summed E-state index contributed by atoms with van der Waals surface area (Å²) in [6, 6.07) is 57.4. The van der Waals surface area contributed by atoms with Crippen molar-refractivity contribution < 1.29 is 0 Å². The molecule has 0 unspecified atom stereocenters. The second-order valence-electron chi connectivity index (χ2n) is 11.9. The minimum atomic E-state index is 1.10. The van der Waals surface area contributed by atoms with Crippen LogP contribution in [0.5, 0.6) is 0 Å². The molecule has 0 aliphatic rings. The van der Waals surface area contributed by atoms with E-state index in [4.69, 9.17) is 0 Å². The standard InChI is InChI=1S/C44H26Br2/c45-39-24-23-36-43-34(39)22-21-32(29-15-8-3-9-16-29)41(43)35-18-10-17-33-40(46)26-38(44(36)42(33)35)37-25-30(27-11-4-1-5-12-27)19-20-31(37)28-13-6-2-7-14-28/h1-26H. The first kappa shape index (κ1) is 27.5. The van der Waals surface area contributed by atoms with Crippen molar-refractivity contribution in [1.82, 2.24) is 0 Å². The Labute approximate surface area is 284 Å². The fourth-order valence-electron chi connectivity index (χ4n) is 7.34. The van der Waals surface area contributed by atoms with E-state index in [1.807, 2.05) is 0 Å². The van der Waals surface area contributed by atoms with Crippen molar-refractivity contribution in [2.75, 3.05) is 0 Å². The predicted molar refractivity (Wildman–Crippen MR) is 205 cm³/mol. The van der Waals surface area contributed by atoms with Crippen molar-refractivity contribution in [3.8, 4) is 44.5 Å². The molecular weight excluding hydrogens is 688 g/mol. The van der Waals surface area contributed by atoms with Gasteiger partial charge in [0.25, 0.3) is 0 Å². The molecule has 0 saturated heterocycles. The van der Waals surface area contributed by atoms with Gasteiger partial charge in [-0.1, -0.05) is 171 Å². The third-order valence-corrected chi connectivity index (χ3v) is 10.7. The highest BCUT2D eigenvalue weighted by Crippen LogP contribution is 2.51. The lowest BCUT2D eigenvalue weighted by molar-refractivity contribution is 1.57. The highest BCUT2D eigenvalue weighted by atomic mass is 79.9. The summed E-state index contributed by atoms with van der Waals surface area (Å²) in [6.45, 7) is 0. The van der Waals surface area contributed by atoms with Crippen LogP contribution < -0.4 is 0 Å². The smallest absolute Gasteiger partial charge is 0.0260 e. The maximum absolute atomic E-state index is 4.06. The van der Waals surface area contributed by atoms with Crippen molar-refractivity contribution in [2.45, 2.75) is 0 Å². The van der Waals surface area contributed by atoms with Crippen LogP contribution in [0.1, 0.15) is 0 Å². The Morgan fingerprint density at radius 1 is 0.261 bits per heavy atom. The summed E-state index contributed by atoms with van der Waals surface area (Å²) in [7, 11) is 0. The molecule has 0 aliphatic carbocycles. The van der Waals surface area contributed by atoms with E-state index in [2.05, 4.69) is 190 Å². The molecule has 0 radical (unpaired) electrons. The number of halogens is 2. The second kappa shape index (κ2) is 10.9. The predicted octanol–water partition coefficient (Wildman–Crippen LogP) is 13.9. The second-order valence-corrected chi connectivity index (χ2v) is 13.6. The van der Waals surface area contributed by atoms with Crippen molar-refractivity contribution in [1.29, 1.82) is 0 Å². The minimum Gasteiger partial charge on any atom is -0.0622 e. The van der Waals surface area contributed by atoms with Crippen LogP contribution in [-0.4, -0.2) is 0 Å². The Kier molecular flexibility index (Phi) is 6.55. The van der Waals surface area contributed by atoms with Crippen LogP contribution in [0.4, 0.5) is 0 Å². The molecule has 9 aromatic rings. The van der Waals surface area contributed by atoms with E-state index >= 15 is 0 Å². The number of rotatable bonds is 4. The lowest BCUT2D eigenvalue weighted by atomic mass is 9.82. The van der Waals surface area contributed by atoms with Gasteiger partial charge in [-0.25, -0.2) is 0 Å². The first-order valence-corrected chi connectivity index (χ1v) is 17.1. The monoisotopic (exact) mass is 712 g/mol. The first-order chi connectivity index (χ1) is 22.7. The highest BCUT2D eigenvalue weighted by Gasteiger charge is 2.23. The zero-order chi connectivity index (χ0) is 30.8. The summed E-state index contributed by atoms with van der Waals surface area (Å²) in [5, 5.41) is 10.1. The maximum atomic E-state index is 4.06. The summed E-state index contributed by atoms with van der Waals surface area (Å²) < 4.78 is 2.21. The summed E-state index contributed by atoms with van der Waals surface area (Å²) >= 11 is 7.98. The van der Waals surface area contributed by atoms with Gasteiger partial charge < -0.3 is 0 Å². The number of fused-ring (bicyclic) bond motifs is 2. The van der Waals surface area contributed by atoms with Crippen molar-refractivity contribution in [3.05, 3.63) is 167 Å². The first-order valence-electron chi connectivity index (χ1n) is 15.5. The summed E-state index contributed by atoms with van der Waals surface area (Å²) in [4.78, 5) is 0. The van der Waals surface area contributed by atoms with E-state index in [1.54, 1.807) is 0 Å². The van der Waals surface area contributed by atoms with Gasteiger partial charge in [0.2, 0.25) is 0 Å². The number of hydrogen-bond acceptors (Lipinski definition) is 0. The molecule has 0 bridgehead atoms. The Balaban J connectivity index is 1.50. The van der Waals surface area contributed by atoms with Crippen LogP contribution in [0.2, 0.25) is 0 Å². The van der Waals surface area contributed by atoms with Crippen LogP contribution in [0.25, 0.3) is 87.6 Å². The molecule has 0 fully saturated rings. The van der Waals surface area contributed by atoms with E-state index in [1.165, 1.54) is 87.6 Å². The molecule has 0 heterocycles. The third kappa shape index (κ3) is 4.25. The Morgan fingerprint density at radius 2 is 0.783 bits per heavy atom. The Hall–Kier alpha value is -4.76. The fourth-order valence-corrected chi connectivity index (χ4v) is 8.36. The fraction of sp³-hybridized carbons (Fsp3) is 0. The van der Waals surface area contributed by atoms with E-state index in [0.717, 1.165) is 8.95 Å². The molecule has 0 spiro atoms. The summed E-state index contributed by atoms with van der Waals surface area (Å²) in [6.07, 6.45) is 0. The largest absolute Gasteiger partial charge is 0.0622 e. The molecule has 0 aromatic heterocycles. The number of hydrogen-bond donors (Lipinski definition) is 0. The lowest BCUT2D eigenvalue weighted by Gasteiger charge is -2.22. The van der Waals surface area contributed by atoms with Crippen LogP contribution >= 0.6 is 31.9 Å². The van der Waals surface area contributed by atoms with Gasteiger partial charge in [0.15, 0.2) is 0 Å². The van der Waals surface area contributed by atoms with Gasteiger partial charge in [-0.05, 0) is 106 Å². The molecular formula is C44H26Br2. The van der Waals surface area contributed by atoms with Crippen molar-refractivity contribution >= 4 is 74.9 Å². The van der Waals surface area contributed by atoms with Crippen molar-refractivity contribution in [3.63, 3.8) is 0 Å². The van der Waals surface area contributed by atoms with Crippen molar-refractivity contribution in [2.24, 2.45) is 0 Å². The van der Waals surface area contributed by atoms with Gasteiger partial charge in [0.1, 0.15) is 0 Å².